The second-order valence-corrected chi connectivity index (χ2v) is 8.41. The third-order valence-corrected chi connectivity index (χ3v) is 6.11. The van der Waals surface area contributed by atoms with Crippen LogP contribution in [0.3, 0.4) is 0 Å². The van der Waals surface area contributed by atoms with Crippen molar-refractivity contribution >= 4 is 21.6 Å². The first-order chi connectivity index (χ1) is 12.9. The fraction of sp³-hybridized carbons (Fsp3) is 0.350. The van der Waals surface area contributed by atoms with Crippen molar-refractivity contribution in [2.45, 2.75) is 19.8 Å². The van der Waals surface area contributed by atoms with Gasteiger partial charge in [0.2, 0.25) is 10.0 Å². The number of amides is 1. The van der Waals surface area contributed by atoms with E-state index in [9.17, 15) is 13.2 Å². The zero-order valence-corrected chi connectivity index (χ0v) is 16.8. The molecule has 0 aliphatic rings. The minimum atomic E-state index is -3.31. The van der Waals surface area contributed by atoms with Gasteiger partial charge in [-0.2, -0.15) is 0 Å². The van der Waals surface area contributed by atoms with Crippen LogP contribution in [-0.4, -0.2) is 40.8 Å². The number of methoxy groups -OCH3 is 1. The molecule has 0 saturated carbocycles. The molecule has 0 bridgehead atoms. The Morgan fingerprint density at radius 1 is 1.15 bits per heavy atom. The maximum atomic E-state index is 12.2. The van der Waals surface area contributed by atoms with Crippen molar-refractivity contribution < 1.29 is 17.9 Å². The summed E-state index contributed by atoms with van der Waals surface area (Å²) in [5.41, 5.74) is 2.20. The van der Waals surface area contributed by atoms with Crippen LogP contribution in [0.15, 0.2) is 48.5 Å². The van der Waals surface area contributed by atoms with E-state index in [-0.39, 0.29) is 11.7 Å². The molecule has 27 heavy (non-hydrogen) atoms. The van der Waals surface area contributed by atoms with Crippen LogP contribution in [0.5, 0.6) is 5.75 Å². The SMILES string of the molecule is CCS(=O)(=O)N(C)c1ccc(C(=O)NCCCc2cccc(OC)c2)cc1. The van der Waals surface area contributed by atoms with Gasteiger partial charge in [0, 0.05) is 19.2 Å². The fourth-order valence-electron chi connectivity index (χ4n) is 2.60. The summed E-state index contributed by atoms with van der Waals surface area (Å²) in [6, 6.07) is 14.4. The van der Waals surface area contributed by atoms with Crippen LogP contribution in [0.1, 0.15) is 29.3 Å². The predicted molar refractivity (Wildman–Crippen MR) is 108 cm³/mol. The van der Waals surface area contributed by atoms with Gasteiger partial charge < -0.3 is 10.1 Å². The molecule has 0 aliphatic heterocycles. The highest BCUT2D eigenvalue weighted by molar-refractivity contribution is 7.92. The van der Waals surface area contributed by atoms with Gasteiger partial charge in [-0.3, -0.25) is 9.10 Å². The van der Waals surface area contributed by atoms with Crippen molar-refractivity contribution in [1.82, 2.24) is 5.32 Å². The van der Waals surface area contributed by atoms with Crippen LogP contribution < -0.4 is 14.4 Å². The highest BCUT2D eigenvalue weighted by atomic mass is 32.2. The Morgan fingerprint density at radius 2 is 1.85 bits per heavy atom. The first kappa shape index (κ1) is 20.8. The van der Waals surface area contributed by atoms with Crippen molar-refractivity contribution in [3.63, 3.8) is 0 Å². The van der Waals surface area contributed by atoms with E-state index in [1.807, 2.05) is 24.3 Å². The number of nitrogens with one attached hydrogen (secondary N) is 1. The number of sulfonamides is 1. The zero-order chi connectivity index (χ0) is 19.9. The number of rotatable bonds is 9. The second-order valence-electron chi connectivity index (χ2n) is 6.13. The van der Waals surface area contributed by atoms with Crippen molar-refractivity contribution in [3.05, 3.63) is 59.7 Å². The van der Waals surface area contributed by atoms with Gasteiger partial charge in [0.05, 0.1) is 18.6 Å². The quantitative estimate of drug-likeness (QED) is 0.668. The average Bonchev–Trinajstić information content (AvgIpc) is 2.70. The molecule has 146 valence electrons. The van der Waals surface area contributed by atoms with E-state index in [2.05, 4.69) is 5.32 Å². The smallest absolute Gasteiger partial charge is 0.251 e. The van der Waals surface area contributed by atoms with E-state index in [0.29, 0.717) is 17.8 Å². The maximum Gasteiger partial charge on any atom is 0.251 e. The van der Waals surface area contributed by atoms with Crippen molar-refractivity contribution in [2.75, 3.05) is 30.8 Å². The molecule has 0 spiro atoms. The van der Waals surface area contributed by atoms with Gasteiger partial charge in [0.15, 0.2) is 0 Å². The Morgan fingerprint density at radius 3 is 2.48 bits per heavy atom. The van der Waals surface area contributed by atoms with Crippen molar-refractivity contribution in [3.8, 4) is 5.75 Å². The maximum absolute atomic E-state index is 12.2. The number of carbonyl (C=O) groups is 1. The lowest BCUT2D eigenvalue weighted by atomic mass is 10.1. The Labute approximate surface area is 161 Å². The molecular weight excluding hydrogens is 364 g/mol. The fourth-order valence-corrected chi connectivity index (χ4v) is 3.43. The van der Waals surface area contributed by atoms with E-state index in [1.54, 1.807) is 38.3 Å². The van der Waals surface area contributed by atoms with Crippen LogP contribution in [0.4, 0.5) is 5.69 Å². The molecule has 0 atom stereocenters. The van der Waals surface area contributed by atoms with Crippen LogP contribution in [0.25, 0.3) is 0 Å². The van der Waals surface area contributed by atoms with Crippen molar-refractivity contribution in [1.29, 1.82) is 0 Å². The average molecular weight is 391 g/mol. The molecule has 2 aromatic rings. The highest BCUT2D eigenvalue weighted by Crippen LogP contribution is 2.17. The standard InChI is InChI=1S/C20H26N2O4S/c1-4-27(24,25)22(2)18-12-10-17(11-13-18)20(23)21-14-6-8-16-7-5-9-19(15-16)26-3/h5,7,9-13,15H,4,6,8,14H2,1-3H3,(H,21,23). The molecular formula is C20H26N2O4S. The van der Waals surface area contributed by atoms with Crippen LogP contribution in [0.2, 0.25) is 0 Å². The number of aryl methyl sites for hydroxylation is 1. The largest absolute Gasteiger partial charge is 0.497 e. The molecule has 1 amide bonds. The van der Waals surface area contributed by atoms with Gasteiger partial charge in [0.1, 0.15) is 5.75 Å². The highest BCUT2D eigenvalue weighted by Gasteiger charge is 2.16. The van der Waals surface area contributed by atoms with Crippen LogP contribution in [-0.2, 0) is 16.4 Å². The number of nitrogens with zero attached hydrogens (tertiary/aromatic N) is 1. The van der Waals surface area contributed by atoms with E-state index in [1.165, 1.54) is 11.4 Å². The van der Waals surface area contributed by atoms with Crippen LogP contribution in [0, 0.1) is 0 Å². The molecule has 0 aromatic heterocycles. The molecule has 1 N–H and O–H groups in total. The summed E-state index contributed by atoms with van der Waals surface area (Å²) in [6.45, 7) is 2.15. The third-order valence-electron chi connectivity index (χ3n) is 4.34. The number of carbonyl (C=O) groups excluding carboxylic acids is 1. The molecule has 6 nitrogen and oxygen atoms in total. The number of hydrogen-bond acceptors (Lipinski definition) is 4. The van der Waals surface area contributed by atoms with Gasteiger partial charge in [-0.05, 0) is 61.7 Å². The summed E-state index contributed by atoms with van der Waals surface area (Å²) in [6.07, 6.45) is 1.66. The summed E-state index contributed by atoms with van der Waals surface area (Å²) < 4.78 is 30.2. The summed E-state index contributed by atoms with van der Waals surface area (Å²) >= 11 is 0. The molecule has 0 aliphatic carbocycles. The lowest BCUT2D eigenvalue weighted by Crippen LogP contribution is -2.28. The molecule has 0 heterocycles. The van der Waals surface area contributed by atoms with Gasteiger partial charge in [0.25, 0.3) is 5.91 Å². The number of anilines is 1. The van der Waals surface area contributed by atoms with E-state index < -0.39 is 10.0 Å². The first-order valence-electron chi connectivity index (χ1n) is 8.85. The van der Waals surface area contributed by atoms with E-state index in [0.717, 1.165) is 24.2 Å². The molecule has 0 saturated heterocycles. The Hall–Kier alpha value is -2.54. The monoisotopic (exact) mass is 390 g/mol. The summed E-state index contributed by atoms with van der Waals surface area (Å²) in [5.74, 6) is 0.679. The Bertz CT molecular complexity index is 864. The number of hydrogen-bond donors (Lipinski definition) is 1. The minimum Gasteiger partial charge on any atom is -0.497 e. The number of ether oxygens (including phenoxy) is 1. The first-order valence-corrected chi connectivity index (χ1v) is 10.5. The summed E-state index contributed by atoms with van der Waals surface area (Å²) in [5, 5.41) is 2.89. The molecule has 0 unspecified atom stereocenters. The predicted octanol–water partition coefficient (Wildman–Crippen LogP) is 2.84. The molecule has 0 fully saturated rings. The van der Waals surface area contributed by atoms with Gasteiger partial charge in [-0.25, -0.2) is 8.42 Å². The Balaban J connectivity index is 1.85. The normalized spacial score (nSPS) is 11.1. The molecule has 7 heteroatoms. The Kier molecular flexibility index (Phi) is 7.24. The van der Waals surface area contributed by atoms with Gasteiger partial charge >= 0.3 is 0 Å². The van der Waals surface area contributed by atoms with E-state index in [4.69, 9.17) is 4.74 Å². The lowest BCUT2D eigenvalue weighted by Gasteiger charge is -2.18. The second kappa shape index (κ2) is 9.41. The van der Waals surface area contributed by atoms with Gasteiger partial charge in [-0.1, -0.05) is 12.1 Å². The molecule has 0 radical (unpaired) electrons. The topological polar surface area (TPSA) is 75.7 Å². The summed E-state index contributed by atoms with van der Waals surface area (Å²) in [7, 11) is -0.164. The van der Waals surface area contributed by atoms with Crippen LogP contribution >= 0.6 is 0 Å². The number of benzene rings is 2. The minimum absolute atomic E-state index is 0.0268. The zero-order valence-electron chi connectivity index (χ0n) is 15.9. The molecule has 2 aromatic carbocycles. The third kappa shape index (κ3) is 5.72. The van der Waals surface area contributed by atoms with E-state index >= 15 is 0 Å². The lowest BCUT2D eigenvalue weighted by molar-refractivity contribution is 0.0953. The molecule has 2 rings (SSSR count). The summed E-state index contributed by atoms with van der Waals surface area (Å²) in [4.78, 5) is 12.2. The van der Waals surface area contributed by atoms with Crippen molar-refractivity contribution in [2.24, 2.45) is 0 Å². The van der Waals surface area contributed by atoms with Gasteiger partial charge in [-0.15, -0.1) is 0 Å².